The zero-order valence-electron chi connectivity index (χ0n) is 5.05. The van der Waals surface area contributed by atoms with E-state index in [1.807, 2.05) is 18.0 Å². The molecule has 1 aliphatic carbocycles. The number of hydrogen-bond acceptors (Lipinski definition) is 3. The van der Waals surface area contributed by atoms with Crippen molar-refractivity contribution in [2.45, 2.75) is 0 Å². The third kappa shape index (κ3) is 1.79. The van der Waals surface area contributed by atoms with Crippen LogP contribution in [0.25, 0.3) is 0 Å². The van der Waals surface area contributed by atoms with Crippen molar-refractivity contribution in [3.63, 3.8) is 0 Å². The van der Waals surface area contributed by atoms with Gasteiger partial charge in [0.2, 0.25) is 0 Å². The van der Waals surface area contributed by atoms with Gasteiger partial charge < -0.3 is 5.32 Å². The van der Waals surface area contributed by atoms with Crippen molar-refractivity contribution in [3.8, 4) is 0 Å². The highest BCUT2D eigenvalue weighted by atomic mass is 32.2. The zero-order valence-corrected chi connectivity index (χ0v) is 5.87. The van der Waals surface area contributed by atoms with Crippen LogP contribution in [0.1, 0.15) is 0 Å². The Bertz CT molecular complexity index is 177. The molecule has 0 aromatic carbocycles. The van der Waals surface area contributed by atoms with Gasteiger partial charge in [0.15, 0.2) is 0 Å². The maximum Gasteiger partial charge on any atom is 0.0860 e. The predicted molar refractivity (Wildman–Crippen MR) is 38.8 cm³/mol. The topological polar surface area (TPSA) is 15.0 Å². The van der Waals surface area contributed by atoms with Crippen LogP contribution in [0.15, 0.2) is 17.5 Å². The highest BCUT2D eigenvalue weighted by molar-refractivity contribution is 7.97. The van der Waals surface area contributed by atoms with Gasteiger partial charge in [-0.25, -0.2) is 4.31 Å². The quantitative estimate of drug-likeness (QED) is 0.266. The van der Waals surface area contributed by atoms with Gasteiger partial charge in [-0.1, -0.05) is 17.7 Å². The minimum absolute atomic E-state index is 0.999. The molecular weight excluding hydrogens is 132 g/mol. The molecule has 48 valence electrons. The molecule has 2 aliphatic rings. The molecule has 1 saturated heterocycles. The first-order valence-corrected chi connectivity index (χ1v) is 3.98. The second kappa shape index (κ2) is 2.10. The molecule has 0 aromatic rings. The van der Waals surface area contributed by atoms with E-state index in [2.05, 4.69) is 15.4 Å². The number of hydrogen-bond donors (Lipinski definition) is 1. The Morgan fingerprint density at radius 3 is 3.11 bits per heavy atom. The summed E-state index contributed by atoms with van der Waals surface area (Å²) in [6.07, 6.45) is 1.96. The lowest BCUT2D eigenvalue weighted by atomic mass is 10.8. The van der Waals surface area contributed by atoms with Crippen molar-refractivity contribution in [3.05, 3.63) is 17.5 Å². The van der Waals surface area contributed by atoms with Crippen LogP contribution in [0, 0.1) is 0 Å². The van der Waals surface area contributed by atoms with E-state index in [0.29, 0.717) is 0 Å². The van der Waals surface area contributed by atoms with Crippen LogP contribution in [0.4, 0.5) is 0 Å². The highest BCUT2D eigenvalue weighted by Gasteiger charge is 2.16. The molecule has 0 radical (unpaired) electrons. The number of rotatable bonds is 4. The summed E-state index contributed by atoms with van der Waals surface area (Å²) in [5, 5.41) is 3.20. The Labute approximate surface area is 58.7 Å². The maximum atomic E-state index is 3.20. The summed E-state index contributed by atoms with van der Waals surface area (Å²) in [7, 11) is 0. The van der Waals surface area contributed by atoms with Gasteiger partial charge in [-0.05, 0) is 0 Å². The van der Waals surface area contributed by atoms with Crippen molar-refractivity contribution in [1.29, 1.82) is 0 Å². The van der Waals surface area contributed by atoms with Gasteiger partial charge in [-0.15, -0.1) is 0 Å². The van der Waals surface area contributed by atoms with E-state index in [9.17, 15) is 0 Å². The Morgan fingerprint density at radius 1 is 1.78 bits per heavy atom. The largest absolute Gasteiger partial charge is 0.368 e. The fraction of sp³-hybridized carbons (Fsp3) is 0.500. The van der Waals surface area contributed by atoms with Gasteiger partial charge in [0.05, 0.1) is 11.6 Å². The molecule has 3 heteroatoms. The minimum Gasteiger partial charge on any atom is -0.368 e. The van der Waals surface area contributed by atoms with Crippen molar-refractivity contribution < 1.29 is 0 Å². The summed E-state index contributed by atoms with van der Waals surface area (Å²) in [5.74, 6) is 0.999. The Kier molecular flexibility index (Phi) is 1.27. The first-order valence-electron chi connectivity index (χ1n) is 3.03. The summed E-state index contributed by atoms with van der Waals surface area (Å²) in [6, 6.07) is 0. The maximum absolute atomic E-state index is 3.20. The van der Waals surface area contributed by atoms with E-state index in [1.54, 1.807) is 0 Å². The lowest BCUT2D eigenvalue weighted by Crippen LogP contribution is -2.07. The van der Waals surface area contributed by atoms with Crippen molar-refractivity contribution >= 4 is 11.9 Å². The van der Waals surface area contributed by atoms with E-state index < -0.39 is 0 Å². The molecule has 0 amide bonds. The number of nitrogens with zero attached hydrogens (tertiary/aromatic N) is 1. The van der Waals surface area contributed by atoms with Crippen molar-refractivity contribution in [2.24, 2.45) is 0 Å². The van der Waals surface area contributed by atoms with Crippen LogP contribution < -0.4 is 5.32 Å². The zero-order chi connectivity index (χ0) is 6.10. The van der Waals surface area contributed by atoms with Crippen LogP contribution in [-0.2, 0) is 0 Å². The first-order chi connectivity index (χ1) is 4.45. The molecule has 9 heavy (non-hydrogen) atoms. The summed E-state index contributed by atoms with van der Waals surface area (Å²) >= 11 is 1.85. The molecule has 0 aromatic heterocycles. The lowest BCUT2D eigenvalue weighted by Gasteiger charge is -1.98. The molecule has 0 unspecified atom stereocenters. The van der Waals surface area contributed by atoms with Crippen LogP contribution in [-0.4, -0.2) is 23.3 Å². The van der Waals surface area contributed by atoms with Crippen LogP contribution in [0.3, 0.4) is 0 Å². The third-order valence-electron chi connectivity index (χ3n) is 1.20. The summed E-state index contributed by atoms with van der Waals surface area (Å²) in [4.78, 5) is 0. The smallest absolute Gasteiger partial charge is 0.0860 e. The summed E-state index contributed by atoms with van der Waals surface area (Å²) in [6.45, 7) is 2.53. The van der Waals surface area contributed by atoms with E-state index in [0.717, 1.165) is 5.88 Å². The standard InChI is InChI=1S/C6H8N2S/c1-2-6(1)7-5-9-8-3-4-8/h1,7H,3-5H2. The Balaban J connectivity index is 1.51. The molecule has 0 spiro atoms. The highest BCUT2D eigenvalue weighted by Crippen LogP contribution is 2.17. The molecule has 0 bridgehead atoms. The fourth-order valence-corrected chi connectivity index (χ4v) is 1.25. The minimum atomic E-state index is 0.999. The monoisotopic (exact) mass is 140 g/mol. The van der Waals surface area contributed by atoms with E-state index in [4.69, 9.17) is 0 Å². The molecule has 2 rings (SSSR count). The van der Waals surface area contributed by atoms with E-state index in [-0.39, 0.29) is 0 Å². The molecule has 0 saturated carbocycles. The normalized spacial score (nSPS) is 21.6. The molecule has 0 atom stereocenters. The molecular formula is C6H8N2S. The molecule has 1 fully saturated rings. The fourth-order valence-electron chi connectivity index (χ4n) is 0.509. The lowest BCUT2D eigenvalue weighted by molar-refractivity contribution is 0.925. The predicted octanol–water partition coefficient (Wildman–Crippen LogP) is 0.550. The van der Waals surface area contributed by atoms with Crippen molar-refractivity contribution in [1.82, 2.24) is 9.62 Å². The van der Waals surface area contributed by atoms with Gasteiger partial charge in [-0.3, -0.25) is 0 Å². The van der Waals surface area contributed by atoms with E-state index >= 15 is 0 Å². The van der Waals surface area contributed by atoms with Crippen molar-refractivity contribution in [2.75, 3.05) is 19.0 Å². The van der Waals surface area contributed by atoms with Gasteiger partial charge in [0, 0.05) is 19.2 Å². The first kappa shape index (κ1) is 5.42. The van der Waals surface area contributed by atoms with Gasteiger partial charge in [-0.2, -0.15) is 0 Å². The van der Waals surface area contributed by atoms with Gasteiger partial charge in [0.1, 0.15) is 0 Å². The average Bonchev–Trinajstić information content (AvgIpc) is 2.57. The van der Waals surface area contributed by atoms with Crippen LogP contribution in [0.5, 0.6) is 0 Å². The molecule has 2 nitrogen and oxygen atoms in total. The second-order valence-electron chi connectivity index (χ2n) is 2.08. The Morgan fingerprint density at radius 2 is 2.56 bits per heavy atom. The van der Waals surface area contributed by atoms with Crippen LogP contribution in [0.2, 0.25) is 0 Å². The van der Waals surface area contributed by atoms with E-state index in [1.165, 1.54) is 18.8 Å². The van der Waals surface area contributed by atoms with Gasteiger partial charge >= 0.3 is 0 Å². The molecule has 1 heterocycles. The second-order valence-corrected chi connectivity index (χ2v) is 3.14. The summed E-state index contributed by atoms with van der Waals surface area (Å²) in [5.41, 5.74) is 4.15. The SMILES string of the molecule is C1=CC=1NCSN1CC1. The van der Waals surface area contributed by atoms with Crippen LogP contribution >= 0.6 is 11.9 Å². The summed E-state index contributed by atoms with van der Waals surface area (Å²) < 4.78 is 2.32. The molecule has 1 aliphatic heterocycles. The Hall–Kier alpha value is -0.370. The van der Waals surface area contributed by atoms with Gasteiger partial charge in [0.25, 0.3) is 0 Å². The average molecular weight is 140 g/mol. The molecule has 1 N–H and O–H groups in total. The third-order valence-corrected chi connectivity index (χ3v) is 2.21. The number of nitrogens with one attached hydrogen (secondary N) is 1.